The third-order valence-electron chi connectivity index (χ3n) is 4.76. The van der Waals surface area contributed by atoms with Crippen LogP contribution in [0.2, 0.25) is 5.02 Å². The van der Waals surface area contributed by atoms with E-state index in [2.05, 4.69) is 18.3 Å². The van der Waals surface area contributed by atoms with Crippen molar-refractivity contribution < 1.29 is 5.11 Å². The minimum atomic E-state index is -0.537. The van der Waals surface area contributed by atoms with Crippen molar-refractivity contribution in [2.45, 2.75) is 59.0 Å². The summed E-state index contributed by atoms with van der Waals surface area (Å²) < 4.78 is 0. The van der Waals surface area contributed by atoms with Crippen molar-refractivity contribution in [1.82, 2.24) is 5.32 Å². The van der Waals surface area contributed by atoms with Crippen LogP contribution in [0.15, 0.2) is 12.1 Å². The summed E-state index contributed by atoms with van der Waals surface area (Å²) in [5.41, 5.74) is 3.46. The third kappa shape index (κ3) is 4.45. The summed E-state index contributed by atoms with van der Waals surface area (Å²) in [5, 5.41) is 14.6. The highest BCUT2D eigenvalue weighted by molar-refractivity contribution is 6.31. The number of aryl methyl sites for hydroxylation is 2. The van der Waals surface area contributed by atoms with Crippen molar-refractivity contribution in [3.8, 4) is 0 Å². The van der Waals surface area contributed by atoms with Crippen LogP contribution < -0.4 is 5.32 Å². The maximum absolute atomic E-state index is 10.4. The van der Waals surface area contributed by atoms with Gasteiger partial charge in [-0.25, -0.2) is 0 Å². The van der Waals surface area contributed by atoms with Gasteiger partial charge in [-0.2, -0.15) is 0 Å². The molecule has 1 fully saturated rings. The monoisotopic (exact) mass is 309 g/mol. The van der Waals surface area contributed by atoms with Crippen LogP contribution in [0.5, 0.6) is 0 Å². The van der Waals surface area contributed by atoms with E-state index in [0.29, 0.717) is 17.0 Å². The van der Waals surface area contributed by atoms with Crippen molar-refractivity contribution in [2.24, 2.45) is 5.41 Å². The van der Waals surface area contributed by atoms with E-state index in [1.165, 1.54) is 32.1 Å². The SMILES string of the molecule is Cc1cc(C)c(C(O)CNCC2(C)CCCCC2)c(Cl)c1. The molecule has 3 heteroatoms. The highest BCUT2D eigenvalue weighted by atomic mass is 35.5. The van der Waals surface area contributed by atoms with E-state index in [1.807, 2.05) is 19.9 Å². The molecule has 1 atom stereocenters. The molecule has 1 aliphatic carbocycles. The fourth-order valence-electron chi connectivity index (χ4n) is 3.54. The molecule has 0 radical (unpaired) electrons. The van der Waals surface area contributed by atoms with Gasteiger partial charge >= 0.3 is 0 Å². The van der Waals surface area contributed by atoms with Gasteiger partial charge in [0.05, 0.1) is 6.10 Å². The zero-order chi connectivity index (χ0) is 15.5. The average molecular weight is 310 g/mol. The molecule has 1 aliphatic rings. The van der Waals surface area contributed by atoms with Gasteiger partial charge in [0.1, 0.15) is 0 Å². The first-order chi connectivity index (χ1) is 9.91. The lowest BCUT2D eigenvalue weighted by Gasteiger charge is -2.34. The molecule has 0 spiro atoms. The van der Waals surface area contributed by atoms with Crippen molar-refractivity contribution in [1.29, 1.82) is 0 Å². The van der Waals surface area contributed by atoms with Crippen LogP contribution in [0.1, 0.15) is 61.8 Å². The van der Waals surface area contributed by atoms with E-state index in [4.69, 9.17) is 11.6 Å². The zero-order valence-electron chi connectivity index (χ0n) is 13.5. The van der Waals surface area contributed by atoms with Crippen LogP contribution in [-0.4, -0.2) is 18.2 Å². The number of aliphatic hydroxyl groups excluding tert-OH is 1. The van der Waals surface area contributed by atoms with Crippen molar-refractivity contribution in [3.05, 3.63) is 33.8 Å². The number of rotatable bonds is 5. The summed E-state index contributed by atoms with van der Waals surface area (Å²) in [4.78, 5) is 0. The molecule has 21 heavy (non-hydrogen) atoms. The molecule has 1 aromatic carbocycles. The average Bonchev–Trinajstić information content (AvgIpc) is 2.38. The second kappa shape index (κ2) is 7.13. The van der Waals surface area contributed by atoms with Gasteiger partial charge in [0.2, 0.25) is 0 Å². The molecule has 1 saturated carbocycles. The molecule has 2 nitrogen and oxygen atoms in total. The smallest absolute Gasteiger partial charge is 0.0931 e. The van der Waals surface area contributed by atoms with Crippen LogP contribution in [-0.2, 0) is 0 Å². The highest BCUT2D eigenvalue weighted by Gasteiger charge is 2.26. The summed E-state index contributed by atoms with van der Waals surface area (Å²) in [6, 6.07) is 4.00. The van der Waals surface area contributed by atoms with Gasteiger partial charge in [-0.15, -0.1) is 0 Å². The molecule has 1 unspecified atom stereocenters. The Balaban J connectivity index is 1.91. The standard InChI is InChI=1S/C18H28ClNO/c1-13-9-14(2)17(15(19)10-13)16(21)11-20-12-18(3)7-5-4-6-8-18/h9-10,16,20-21H,4-8,11-12H2,1-3H3. The fraction of sp³-hybridized carbons (Fsp3) is 0.667. The molecule has 2 N–H and O–H groups in total. The van der Waals surface area contributed by atoms with Crippen molar-refractivity contribution in [3.63, 3.8) is 0 Å². The minimum absolute atomic E-state index is 0.393. The van der Waals surface area contributed by atoms with Gasteiger partial charge in [-0.3, -0.25) is 0 Å². The van der Waals surface area contributed by atoms with Crippen LogP contribution >= 0.6 is 11.6 Å². The first-order valence-electron chi connectivity index (χ1n) is 8.07. The number of hydrogen-bond acceptors (Lipinski definition) is 2. The first kappa shape index (κ1) is 16.8. The Morgan fingerprint density at radius 1 is 1.24 bits per heavy atom. The van der Waals surface area contributed by atoms with Gasteiger partial charge in [0.25, 0.3) is 0 Å². The number of aliphatic hydroxyl groups is 1. The lowest BCUT2D eigenvalue weighted by molar-refractivity contribution is 0.155. The summed E-state index contributed by atoms with van der Waals surface area (Å²) in [6.07, 6.45) is 6.09. The second-order valence-electron chi connectivity index (χ2n) is 7.00. The summed E-state index contributed by atoms with van der Waals surface area (Å²) in [5.74, 6) is 0. The summed E-state index contributed by atoms with van der Waals surface area (Å²) in [7, 11) is 0. The van der Waals surface area contributed by atoms with Gasteiger partial charge in [-0.1, -0.05) is 43.9 Å². The highest BCUT2D eigenvalue weighted by Crippen LogP contribution is 2.35. The fourth-order valence-corrected chi connectivity index (χ4v) is 3.99. The van der Waals surface area contributed by atoms with E-state index >= 15 is 0 Å². The Kier molecular flexibility index (Phi) is 5.70. The molecular formula is C18H28ClNO. The molecule has 118 valence electrons. The predicted molar refractivity (Wildman–Crippen MR) is 89.9 cm³/mol. The van der Waals surface area contributed by atoms with Gasteiger partial charge < -0.3 is 10.4 Å². The molecule has 0 heterocycles. The van der Waals surface area contributed by atoms with Gasteiger partial charge in [-0.05, 0) is 49.3 Å². The molecule has 1 aromatic rings. The maximum Gasteiger partial charge on any atom is 0.0931 e. The Morgan fingerprint density at radius 3 is 2.52 bits per heavy atom. The second-order valence-corrected chi connectivity index (χ2v) is 7.40. The van der Waals surface area contributed by atoms with Gasteiger partial charge in [0.15, 0.2) is 0 Å². The Bertz CT molecular complexity index is 457. The Hall–Kier alpha value is -0.570. The first-order valence-corrected chi connectivity index (χ1v) is 8.44. The number of nitrogens with one attached hydrogen (secondary N) is 1. The minimum Gasteiger partial charge on any atom is -0.387 e. The van der Waals surface area contributed by atoms with E-state index in [1.54, 1.807) is 0 Å². The molecule has 0 aromatic heterocycles. The van der Waals surface area contributed by atoms with Crippen LogP contribution in [0.3, 0.4) is 0 Å². The maximum atomic E-state index is 10.4. The van der Waals surface area contributed by atoms with E-state index in [9.17, 15) is 5.11 Å². The van der Waals surface area contributed by atoms with E-state index in [0.717, 1.165) is 23.2 Å². The molecule has 0 aliphatic heterocycles. The normalized spacial score (nSPS) is 19.5. The lowest BCUT2D eigenvalue weighted by atomic mass is 9.76. The number of hydrogen-bond donors (Lipinski definition) is 2. The van der Waals surface area contributed by atoms with Crippen molar-refractivity contribution in [2.75, 3.05) is 13.1 Å². The van der Waals surface area contributed by atoms with E-state index < -0.39 is 6.10 Å². The van der Waals surface area contributed by atoms with Crippen molar-refractivity contribution >= 4 is 11.6 Å². The third-order valence-corrected chi connectivity index (χ3v) is 5.08. The number of halogens is 1. The summed E-state index contributed by atoms with van der Waals surface area (Å²) >= 11 is 6.30. The summed E-state index contributed by atoms with van der Waals surface area (Å²) in [6.45, 7) is 7.94. The molecule has 0 bridgehead atoms. The largest absolute Gasteiger partial charge is 0.387 e. The van der Waals surface area contributed by atoms with Crippen LogP contribution in [0, 0.1) is 19.3 Å². The topological polar surface area (TPSA) is 32.3 Å². The molecular weight excluding hydrogens is 282 g/mol. The van der Waals surface area contributed by atoms with Crippen LogP contribution in [0.25, 0.3) is 0 Å². The van der Waals surface area contributed by atoms with Crippen LogP contribution in [0.4, 0.5) is 0 Å². The Morgan fingerprint density at radius 2 is 1.90 bits per heavy atom. The number of benzene rings is 1. The Labute approximate surface area is 133 Å². The van der Waals surface area contributed by atoms with Gasteiger partial charge in [0, 0.05) is 23.7 Å². The quantitative estimate of drug-likeness (QED) is 0.836. The predicted octanol–water partition coefficient (Wildman–Crippen LogP) is 4.55. The zero-order valence-corrected chi connectivity index (χ0v) is 14.3. The molecule has 0 amide bonds. The lowest BCUT2D eigenvalue weighted by Crippen LogP contribution is -2.35. The van der Waals surface area contributed by atoms with E-state index in [-0.39, 0.29) is 0 Å². The molecule has 2 rings (SSSR count). The molecule has 0 saturated heterocycles.